The Morgan fingerprint density at radius 1 is 0.882 bits per heavy atom. The van der Waals surface area contributed by atoms with Crippen LogP contribution in [-0.4, -0.2) is 20.2 Å². The van der Waals surface area contributed by atoms with Gasteiger partial charge >= 0.3 is 0 Å². The van der Waals surface area contributed by atoms with Gasteiger partial charge in [-0.2, -0.15) is 0 Å². The highest BCUT2D eigenvalue weighted by atomic mass is 19.1. The van der Waals surface area contributed by atoms with E-state index in [2.05, 4.69) is 20.6 Å². The second-order valence-corrected chi connectivity index (χ2v) is 7.67. The van der Waals surface area contributed by atoms with Crippen molar-refractivity contribution in [1.82, 2.24) is 9.97 Å². The number of anilines is 3. The number of allylic oxidation sites excluding steroid dienone is 1. The highest BCUT2D eigenvalue weighted by Crippen LogP contribution is 2.30. The van der Waals surface area contributed by atoms with Gasteiger partial charge < -0.3 is 20.8 Å². The summed E-state index contributed by atoms with van der Waals surface area (Å²) in [6.07, 6.45) is 3.23. The third-order valence-electron chi connectivity index (χ3n) is 5.06. The van der Waals surface area contributed by atoms with E-state index in [0.717, 1.165) is 17.2 Å². The monoisotopic (exact) mass is 460 g/mol. The van der Waals surface area contributed by atoms with Crippen molar-refractivity contribution in [3.63, 3.8) is 0 Å². The van der Waals surface area contributed by atoms with Crippen LogP contribution in [-0.2, 0) is 6.54 Å². The molecule has 0 radical (unpaired) electrons. The largest absolute Gasteiger partial charge is 0.508 e. The van der Waals surface area contributed by atoms with Crippen LogP contribution < -0.4 is 10.6 Å². The predicted molar refractivity (Wildman–Crippen MR) is 129 cm³/mol. The van der Waals surface area contributed by atoms with Crippen molar-refractivity contribution in [2.24, 2.45) is 0 Å². The zero-order valence-electron chi connectivity index (χ0n) is 18.3. The summed E-state index contributed by atoms with van der Waals surface area (Å²) < 4.78 is 27.2. The first-order valence-corrected chi connectivity index (χ1v) is 10.4. The molecule has 4 aromatic rings. The lowest BCUT2D eigenvalue weighted by atomic mass is 10.0. The normalized spacial score (nSPS) is 11.3. The number of phenolic OH excluding ortho intramolecular Hbond substituents is 2. The lowest BCUT2D eigenvalue weighted by Crippen LogP contribution is -2.07. The molecule has 0 spiro atoms. The van der Waals surface area contributed by atoms with Gasteiger partial charge in [0, 0.05) is 24.4 Å². The minimum atomic E-state index is -0.658. The average Bonchev–Trinajstić information content (AvgIpc) is 2.79. The molecule has 0 bridgehead atoms. The maximum Gasteiger partial charge on any atom is 0.143 e. The number of aromatic hydroxyl groups is 2. The first kappa shape index (κ1) is 22.7. The number of nitrogens with zero attached hydrogens (tertiary/aromatic N) is 2. The number of phenols is 2. The number of aromatic nitrogens is 2. The summed E-state index contributed by atoms with van der Waals surface area (Å²) in [5.41, 5.74) is 3.39. The smallest absolute Gasteiger partial charge is 0.143 e. The Balaban J connectivity index is 1.72. The van der Waals surface area contributed by atoms with Gasteiger partial charge in [0.1, 0.15) is 41.1 Å². The predicted octanol–water partition coefficient (Wildman–Crippen LogP) is 6.08. The molecule has 34 heavy (non-hydrogen) atoms. The lowest BCUT2D eigenvalue weighted by Gasteiger charge is -2.15. The molecule has 172 valence electrons. The number of halogens is 2. The minimum absolute atomic E-state index is 0.0999. The maximum atomic E-state index is 13.6. The Morgan fingerprint density at radius 2 is 1.59 bits per heavy atom. The van der Waals surface area contributed by atoms with E-state index in [1.807, 2.05) is 13.0 Å². The molecule has 6 nitrogen and oxygen atoms in total. The average molecular weight is 460 g/mol. The molecule has 0 unspecified atom stereocenters. The minimum Gasteiger partial charge on any atom is -0.508 e. The molecule has 1 heterocycles. The molecule has 0 saturated heterocycles. The van der Waals surface area contributed by atoms with Gasteiger partial charge in [-0.3, -0.25) is 0 Å². The van der Waals surface area contributed by atoms with Gasteiger partial charge in [-0.05, 0) is 66.1 Å². The summed E-state index contributed by atoms with van der Waals surface area (Å²) in [5, 5.41) is 25.7. The molecule has 1 aromatic heterocycles. The van der Waals surface area contributed by atoms with Gasteiger partial charge in [-0.25, -0.2) is 18.7 Å². The number of rotatable bonds is 7. The van der Waals surface area contributed by atoms with Crippen LogP contribution in [0.5, 0.6) is 11.5 Å². The van der Waals surface area contributed by atoms with Gasteiger partial charge in [-0.15, -0.1) is 0 Å². The van der Waals surface area contributed by atoms with Crippen LogP contribution in [0.15, 0.2) is 73.1 Å². The van der Waals surface area contributed by atoms with Crippen LogP contribution in [0.1, 0.15) is 23.6 Å². The third-order valence-corrected chi connectivity index (χ3v) is 5.06. The second-order valence-electron chi connectivity index (χ2n) is 7.67. The van der Waals surface area contributed by atoms with Crippen LogP contribution in [0.4, 0.5) is 26.1 Å². The molecule has 4 N–H and O–H groups in total. The van der Waals surface area contributed by atoms with E-state index in [1.165, 1.54) is 18.5 Å². The van der Waals surface area contributed by atoms with Crippen molar-refractivity contribution in [3.8, 4) is 11.5 Å². The topological polar surface area (TPSA) is 90.3 Å². The van der Waals surface area contributed by atoms with Crippen molar-refractivity contribution in [2.45, 2.75) is 13.5 Å². The molecular formula is C26H22F2N4O2. The van der Waals surface area contributed by atoms with Crippen molar-refractivity contribution >= 4 is 29.0 Å². The van der Waals surface area contributed by atoms with Crippen LogP contribution in [0.25, 0.3) is 11.6 Å². The van der Waals surface area contributed by atoms with Gasteiger partial charge in [0.2, 0.25) is 0 Å². The van der Waals surface area contributed by atoms with Gasteiger partial charge in [-0.1, -0.05) is 18.2 Å². The van der Waals surface area contributed by atoms with E-state index in [0.29, 0.717) is 28.5 Å². The van der Waals surface area contributed by atoms with Crippen LogP contribution >= 0.6 is 0 Å². The molecule has 0 aliphatic heterocycles. The van der Waals surface area contributed by atoms with Gasteiger partial charge in [0.25, 0.3) is 0 Å². The quantitative estimate of drug-likeness (QED) is 0.267. The zero-order valence-corrected chi connectivity index (χ0v) is 18.3. The first-order chi connectivity index (χ1) is 16.4. The third kappa shape index (κ3) is 5.66. The molecule has 4 rings (SSSR count). The van der Waals surface area contributed by atoms with Crippen molar-refractivity contribution in [1.29, 1.82) is 0 Å². The maximum absolute atomic E-state index is 13.6. The van der Waals surface area contributed by atoms with Gasteiger partial charge in [0.05, 0.1) is 5.56 Å². The summed E-state index contributed by atoms with van der Waals surface area (Å²) in [5.74, 6) is -0.145. The van der Waals surface area contributed by atoms with E-state index in [9.17, 15) is 19.0 Å². The second kappa shape index (κ2) is 9.99. The summed E-state index contributed by atoms with van der Waals surface area (Å²) >= 11 is 0. The fourth-order valence-corrected chi connectivity index (χ4v) is 3.42. The SMILES string of the molecule is C/C(=C\c1c(NCc2cc(F)cc(F)c2)ncnc1Nc1cccc(O)c1)c1ccc(O)cc1. The number of nitrogens with one attached hydrogen (secondary N) is 2. The number of benzene rings is 3. The van der Waals surface area contributed by atoms with Crippen LogP contribution in [0, 0.1) is 11.6 Å². The first-order valence-electron chi connectivity index (χ1n) is 10.4. The zero-order chi connectivity index (χ0) is 24.1. The van der Waals surface area contributed by atoms with Crippen molar-refractivity contribution in [3.05, 3.63) is 101 Å². The fourth-order valence-electron chi connectivity index (χ4n) is 3.42. The highest BCUT2D eigenvalue weighted by molar-refractivity contribution is 5.88. The van der Waals surface area contributed by atoms with E-state index in [4.69, 9.17) is 0 Å². The Bertz CT molecular complexity index is 1320. The molecule has 0 aliphatic carbocycles. The van der Waals surface area contributed by atoms with Crippen molar-refractivity contribution < 1.29 is 19.0 Å². The molecule has 3 aromatic carbocycles. The van der Waals surface area contributed by atoms with E-state index in [1.54, 1.807) is 48.5 Å². The lowest BCUT2D eigenvalue weighted by molar-refractivity contribution is 0.475. The molecule has 0 atom stereocenters. The molecular weight excluding hydrogens is 438 g/mol. The Hall–Kier alpha value is -4.46. The number of hydrogen-bond donors (Lipinski definition) is 4. The standard InChI is InChI=1S/C26H22F2N4O2/c1-16(18-5-7-22(33)8-6-18)9-24-25(29-14-17-10-19(27)12-20(28)11-17)30-15-31-26(24)32-21-3-2-4-23(34)13-21/h2-13,15,33-34H,14H2,1H3,(H2,29,30,31,32)/b16-9+. The Kier molecular flexibility index (Phi) is 6.68. The van der Waals surface area contributed by atoms with E-state index < -0.39 is 11.6 Å². The summed E-state index contributed by atoms with van der Waals surface area (Å²) in [4.78, 5) is 8.70. The molecule has 0 fully saturated rings. The fraction of sp³-hybridized carbons (Fsp3) is 0.0769. The van der Waals surface area contributed by atoms with E-state index >= 15 is 0 Å². The van der Waals surface area contributed by atoms with Crippen molar-refractivity contribution in [2.75, 3.05) is 10.6 Å². The molecule has 0 amide bonds. The highest BCUT2D eigenvalue weighted by Gasteiger charge is 2.12. The van der Waals surface area contributed by atoms with Gasteiger partial charge in [0.15, 0.2) is 0 Å². The molecule has 8 heteroatoms. The number of hydrogen-bond acceptors (Lipinski definition) is 6. The Labute approximate surface area is 195 Å². The van der Waals surface area contributed by atoms with Crippen LogP contribution in [0.3, 0.4) is 0 Å². The van der Waals surface area contributed by atoms with Crippen LogP contribution in [0.2, 0.25) is 0 Å². The molecule has 0 saturated carbocycles. The summed E-state index contributed by atoms with van der Waals surface area (Å²) in [6.45, 7) is 2.04. The summed E-state index contributed by atoms with van der Waals surface area (Å²) in [6, 6.07) is 16.7. The Morgan fingerprint density at radius 3 is 2.29 bits per heavy atom. The molecule has 0 aliphatic rings. The van der Waals surface area contributed by atoms with E-state index in [-0.39, 0.29) is 18.0 Å². The summed E-state index contributed by atoms with van der Waals surface area (Å²) in [7, 11) is 0.